The fourth-order valence-corrected chi connectivity index (χ4v) is 8.94. The van der Waals surface area contributed by atoms with E-state index in [0.29, 0.717) is 0 Å². The lowest BCUT2D eigenvalue weighted by Gasteiger charge is -2.46. The van der Waals surface area contributed by atoms with Crippen molar-refractivity contribution < 1.29 is 0 Å². The topological polar surface area (TPSA) is 3.24 Å². The molecule has 0 amide bonds. The highest BCUT2D eigenvalue weighted by Crippen LogP contribution is 2.40. The van der Waals surface area contributed by atoms with Gasteiger partial charge in [0.05, 0.1) is 0 Å². The molecular formula is C17H27NSi. The van der Waals surface area contributed by atoms with Crippen LogP contribution in [0.15, 0.2) is 30.3 Å². The summed E-state index contributed by atoms with van der Waals surface area (Å²) in [6.07, 6.45) is 10.1. The zero-order chi connectivity index (χ0) is 13.1. The van der Waals surface area contributed by atoms with Crippen molar-refractivity contribution >= 4 is 13.9 Å². The predicted octanol–water partition coefficient (Wildman–Crippen LogP) is 5.19. The van der Waals surface area contributed by atoms with E-state index >= 15 is 0 Å². The van der Waals surface area contributed by atoms with Gasteiger partial charge in [-0.2, -0.15) is 0 Å². The Hall–Kier alpha value is -0.763. The van der Waals surface area contributed by atoms with Crippen LogP contribution in [-0.4, -0.2) is 14.3 Å². The van der Waals surface area contributed by atoms with E-state index in [2.05, 4.69) is 41.4 Å². The Morgan fingerprint density at radius 1 is 0.895 bits per heavy atom. The second-order valence-electron chi connectivity index (χ2n) is 6.70. The van der Waals surface area contributed by atoms with Crippen LogP contribution >= 0.6 is 0 Å². The van der Waals surface area contributed by atoms with Crippen molar-refractivity contribution in [3.05, 3.63) is 30.3 Å². The summed E-state index contributed by atoms with van der Waals surface area (Å²) in [4.78, 5) is 0. The van der Waals surface area contributed by atoms with Crippen LogP contribution in [0, 0.1) is 0 Å². The van der Waals surface area contributed by atoms with E-state index in [1.807, 2.05) is 0 Å². The minimum atomic E-state index is -1.21. The number of anilines is 1. The van der Waals surface area contributed by atoms with Crippen molar-refractivity contribution in [1.29, 1.82) is 0 Å². The molecule has 2 heteroatoms. The molecule has 0 radical (unpaired) electrons. The highest BCUT2D eigenvalue weighted by Gasteiger charge is 2.41. The molecule has 2 aliphatic rings. The molecule has 1 aromatic carbocycles. The van der Waals surface area contributed by atoms with Crippen molar-refractivity contribution in [2.45, 2.75) is 69.6 Å². The summed E-state index contributed by atoms with van der Waals surface area (Å²) in [5.41, 5.74) is 1.52. The summed E-state index contributed by atoms with van der Waals surface area (Å²) in [7, 11) is -1.21. The minimum Gasteiger partial charge on any atom is -0.395 e. The largest absolute Gasteiger partial charge is 0.395 e. The van der Waals surface area contributed by atoms with Crippen molar-refractivity contribution in [2.24, 2.45) is 0 Å². The van der Waals surface area contributed by atoms with E-state index in [1.165, 1.54) is 62.7 Å². The molecule has 2 fully saturated rings. The lowest BCUT2D eigenvalue weighted by molar-refractivity contribution is 0.440. The quantitative estimate of drug-likeness (QED) is 0.685. The molecule has 0 bridgehead atoms. The standard InChI is InChI=1S/C17H27NSi/c1-19(14-8-9-15-19)18(16-10-4-2-5-11-16)17-12-6-3-7-13-17/h2,4-5,10-11,17H,3,6-9,12-15H2,1H3. The maximum Gasteiger partial charge on any atom is 0.153 e. The summed E-state index contributed by atoms with van der Waals surface area (Å²) in [5.74, 6) is 0. The molecule has 19 heavy (non-hydrogen) atoms. The third-order valence-corrected chi connectivity index (χ3v) is 9.88. The fourth-order valence-electron chi connectivity index (χ4n) is 4.27. The molecule has 104 valence electrons. The number of hydrogen-bond donors (Lipinski definition) is 0. The Morgan fingerprint density at radius 3 is 2.16 bits per heavy atom. The molecule has 0 spiro atoms. The van der Waals surface area contributed by atoms with E-state index < -0.39 is 8.24 Å². The Morgan fingerprint density at radius 2 is 1.53 bits per heavy atom. The Kier molecular flexibility index (Phi) is 3.97. The Labute approximate surface area is 119 Å². The second kappa shape index (κ2) is 5.70. The molecule has 0 aromatic heterocycles. The number of para-hydroxylation sites is 1. The van der Waals surface area contributed by atoms with Gasteiger partial charge in [-0.3, -0.25) is 0 Å². The van der Waals surface area contributed by atoms with Crippen molar-refractivity contribution in [2.75, 3.05) is 4.57 Å². The van der Waals surface area contributed by atoms with Gasteiger partial charge in [0.1, 0.15) is 0 Å². The maximum atomic E-state index is 2.94. The molecule has 1 saturated carbocycles. The van der Waals surface area contributed by atoms with Crippen LogP contribution < -0.4 is 4.57 Å². The zero-order valence-electron chi connectivity index (χ0n) is 12.3. The lowest BCUT2D eigenvalue weighted by Crippen LogP contribution is -2.55. The smallest absolute Gasteiger partial charge is 0.153 e. The number of benzene rings is 1. The van der Waals surface area contributed by atoms with Crippen LogP contribution in [0.25, 0.3) is 0 Å². The van der Waals surface area contributed by atoms with Crippen LogP contribution in [0.5, 0.6) is 0 Å². The first-order chi connectivity index (χ1) is 9.30. The van der Waals surface area contributed by atoms with Crippen molar-refractivity contribution in [3.63, 3.8) is 0 Å². The maximum absolute atomic E-state index is 2.94. The van der Waals surface area contributed by atoms with Gasteiger partial charge in [0, 0.05) is 11.7 Å². The number of hydrogen-bond acceptors (Lipinski definition) is 1. The monoisotopic (exact) mass is 273 g/mol. The zero-order valence-corrected chi connectivity index (χ0v) is 13.3. The molecule has 0 atom stereocenters. The van der Waals surface area contributed by atoms with Crippen LogP contribution in [0.2, 0.25) is 18.6 Å². The second-order valence-corrected chi connectivity index (χ2v) is 11.2. The number of nitrogens with zero attached hydrogens (tertiary/aromatic N) is 1. The van der Waals surface area contributed by atoms with Gasteiger partial charge in [0.15, 0.2) is 8.24 Å². The predicted molar refractivity (Wildman–Crippen MR) is 86.3 cm³/mol. The van der Waals surface area contributed by atoms with Gasteiger partial charge < -0.3 is 4.57 Å². The van der Waals surface area contributed by atoms with Crippen LogP contribution in [0.1, 0.15) is 44.9 Å². The molecule has 1 nitrogen and oxygen atoms in total. The first kappa shape index (κ1) is 13.2. The Balaban J connectivity index is 1.90. The van der Waals surface area contributed by atoms with Crippen molar-refractivity contribution in [1.82, 2.24) is 0 Å². The average molecular weight is 273 g/mol. The van der Waals surface area contributed by atoms with E-state index in [0.717, 1.165) is 6.04 Å². The summed E-state index contributed by atoms with van der Waals surface area (Å²) in [6.45, 7) is 2.64. The molecule has 0 N–H and O–H groups in total. The lowest BCUT2D eigenvalue weighted by atomic mass is 9.95. The summed E-state index contributed by atoms with van der Waals surface area (Å²) < 4.78 is 2.94. The molecule has 3 rings (SSSR count). The van der Waals surface area contributed by atoms with Gasteiger partial charge in [-0.25, -0.2) is 0 Å². The third kappa shape index (κ3) is 2.74. The summed E-state index contributed by atoms with van der Waals surface area (Å²) in [5, 5.41) is 0. The highest BCUT2D eigenvalue weighted by atomic mass is 28.3. The first-order valence-corrected chi connectivity index (χ1v) is 11.0. The van der Waals surface area contributed by atoms with E-state index in [-0.39, 0.29) is 0 Å². The molecule has 1 aliphatic heterocycles. The van der Waals surface area contributed by atoms with E-state index in [9.17, 15) is 0 Å². The number of rotatable bonds is 3. The van der Waals surface area contributed by atoms with Gasteiger partial charge in [0.2, 0.25) is 0 Å². The molecular weight excluding hydrogens is 246 g/mol. The van der Waals surface area contributed by atoms with Gasteiger partial charge >= 0.3 is 0 Å². The van der Waals surface area contributed by atoms with Gasteiger partial charge in [-0.1, -0.05) is 56.9 Å². The SMILES string of the molecule is C[Si]1(N(c2ccccc2)C2CCCCC2)CCCC1. The van der Waals surface area contributed by atoms with E-state index in [4.69, 9.17) is 0 Å². The van der Waals surface area contributed by atoms with Gasteiger partial charge in [-0.05, 0) is 37.1 Å². The van der Waals surface area contributed by atoms with Crippen molar-refractivity contribution in [3.8, 4) is 0 Å². The molecule has 1 saturated heterocycles. The molecule has 1 aromatic rings. The summed E-state index contributed by atoms with van der Waals surface area (Å²) in [6, 6.07) is 15.2. The normalized spacial score (nSPS) is 23.4. The first-order valence-electron chi connectivity index (χ1n) is 8.14. The third-order valence-electron chi connectivity index (χ3n) is 5.24. The summed E-state index contributed by atoms with van der Waals surface area (Å²) >= 11 is 0. The minimum absolute atomic E-state index is 0.839. The van der Waals surface area contributed by atoms with Crippen LogP contribution in [0.3, 0.4) is 0 Å². The molecule has 0 unspecified atom stereocenters. The van der Waals surface area contributed by atoms with E-state index in [1.54, 1.807) is 0 Å². The van der Waals surface area contributed by atoms with Crippen LogP contribution in [0.4, 0.5) is 5.69 Å². The van der Waals surface area contributed by atoms with Crippen LogP contribution in [-0.2, 0) is 0 Å². The Bertz CT molecular complexity index is 391. The molecule has 1 aliphatic carbocycles. The molecule has 1 heterocycles. The average Bonchev–Trinajstić information content (AvgIpc) is 2.89. The van der Waals surface area contributed by atoms with Gasteiger partial charge in [0.25, 0.3) is 0 Å². The fraction of sp³-hybridized carbons (Fsp3) is 0.647. The highest BCUT2D eigenvalue weighted by molar-refractivity contribution is 6.82. The van der Waals surface area contributed by atoms with Gasteiger partial charge in [-0.15, -0.1) is 0 Å².